The smallest absolute Gasteiger partial charge is 0.334 e. The van der Waals surface area contributed by atoms with Gasteiger partial charge in [-0.15, -0.1) is 0 Å². The summed E-state index contributed by atoms with van der Waals surface area (Å²) >= 11 is 0. The summed E-state index contributed by atoms with van der Waals surface area (Å²) in [4.78, 5) is 19.3. The van der Waals surface area contributed by atoms with Gasteiger partial charge in [0.2, 0.25) is 12.4 Å². The molecule has 0 aliphatic carbocycles. The van der Waals surface area contributed by atoms with Crippen LogP contribution in [-0.4, -0.2) is 34.4 Å². The zero-order chi connectivity index (χ0) is 18.5. The van der Waals surface area contributed by atoms with E-state index in [0.29, 0.717) is 0 Å². The van der Waals surface area contributed by atoms with Crippen LogP contribution in [0.2, 0.25) is 0 Å². The van der Waals surface area contributed by atoms with Crippen LogP contribution in [0, 0.1) is 0 Å². The average molecular weight is 344 g/mol. The van der Waals surface area contributed by atoms with E-state index in [9.17, 15) is 19.8 Å². The first-order valence-corrected chi connectivity index (χ1v) is 6.93. The lowest BCUT2D eigenvalue weighted by Gasteiger charge is -2.18. The highest BCUT2D eigenvalue weighted by atomic mass is 16.4. The minimum Gasteiger partial charge on any atom is -0.547 e. The fraction of sp³-hybridized carbons (Fsp3) is 0.429. The van der Waals surface area contributed by atoms with Crippen LogP contribution in [0.4, 0.5) is 0 Å². The lowest BCUT2D eigenvalue weighted by Crippen LogP contribution is -2.51. The Labute approximate surface area is 137 Å². The average Bonchev–Trinajstić information content (AvgIpc) is 3.27. The molecule has 0 aliphatic heterocycles. The summed E-state index contributed by atoms with van der Waals surface area (Å²) in [6.45, 7) is 6.10. The molecule has 2 rings (SSSR count). The second-order valence-electron chi connectivity index (χ2n) is 4.24. The van der Waals surface area contributed by atoms with Crippen molar-refractivity contribution in [3.8, 4) is 0 Å². The van der Waals surface area contributed by atoms with Crippen LogP contribution >= 0.6 is 0 Å². The highest BCUT2D eigenvalue weighted by molar-refractivity contribution is 5.80. The molecule has 2 N–H and O–H groups in total. The molecule has 0 aromatic carbocycles. The molecule has 2 heterocycles. The van der Waals surface area contributed by atoms with Gasteiger partial charge >= 0.3 is 12.8 Å². The van der Waals surface area contributed by atoms with E-state index in [-0.39, 0.29) is 0 Å². The quantitative estimate of drug-likeness (QED) is 0.527. The molecule has 0 radical (unpaired) electrons. The molecule has 0 fully saturated rings. The zero-order valence-electron chi connectivity index (χ0n) is 13.3. The predicted octanol–water partition coefficient (Wildman–Crippen LogP) is -3.62. The maximum absolute atomic E-state index is 9.63. The SMILES string of the molecule is CC[n+]1ccoc1.CC[n+]1ccoc1.O=C([O-])C(O)C(O)C(=O)[O-]. The molecule has 0 saturated carbocycles. The van der Waals surface area contributed by atoms with E-state index in [1.165, 1.54) is 0 Å². The first-order valence-electron chi connectivity index (χ1n) is 6.93. The number of aliphatic hydroxyl groups excluding tert-OH is 2. The van der Waals surface area contributed by atoms with E-state index < -0.39 is 24.1 Å². The normalized spacial score (nSPS) is 12.0. The second-order valence-corrected chi connectivity index (χ2v) is 4.24. The minimum absolute atomic E-state index is 0.983. The van der Waals surface area contributed by atoms with Crippen LogP contribution in [0.1, 0.15) is 13.8 Å². The van der Waals surface area contributed by atoms with Crippen molar-refractivity contribution in [3.63, 3.8) is 0 Å². The number of carboxylic acid groups (broad SMARTS) is 2. The van der Waals surface area contributed by atoms with Crippen LogP contribution < -0.4 is 19.3 Å². The van der Waals surface area contributed by atoms with Crippen LogP contribution in [0.5, 0.6) is 0 Å². The standard InChI is InChI=1S/2C5H8NO.C4H6O6/c2*1-2-6-3-4-7-5-6;5-1(3(7)8)2(6)4(9)10/h2*3-5H,2H2,1H3;1-2,5-6H,(H,7,8)(H,9,10)/q2*+1;/p-2. The van der Waals surface area contributed by atoms with E-state index in [0.717, 1.165) is 13.1 Å². The van der Waals surface area contributed by atoms with Crippen LogP contribution in [0.25, 0.3) is 0 Å². The Morgan fingerprint density at radius 2 is 1.25 bits per heavy atom. The Bertz CT molecular complexity index is 515. The second kappa shape index (κ2) is 11.8. The molecule has 2 unspecified atom stereocenters. The molecule has 24 heavy (non-hydrogen) atoms. The molecule has 10 nitrogen and oxygen atoms in total. The maximum Gasteiger partial charge on any atom is 0.334 e. The van der Waals surface area contributed by atoms with E-state index in [1.807, 2.05) is 21.5 Å². The van der Waals surface area contributed by atoms with Crippen molar-refractivity contribution in [2.45, 2.75) is 39.1 Å². The Morgan fingerprint density at radius 3 is 1.38 bits per heavy atom. The van der Waals surface area contributed by atoms with Gasteiger partial charge in [-0.2, -0.15) is 9.13 Å². The molecule has 0 aliphatic rings. The first-order chi connectivity index (χ1) is 11.3. The molecule has 0 bridgehead atoms. The number of aliphatic hydroxyl groups is 2. The van der Waals surface area contributed by atoms with Gasteiger partial charge in [-0.1, -0.05) is 0 Å². The van der Waals surface area contributed by atoms with Crippen molar-refractivity contribution in [2.75, 3.05) is 0 Å². The fourth-order valence-electron chi connectivity index (χ4n) is 1.14. The number of aromatic nitrogens is 2. The van der Waals surface area contributed by atoms with Crippen molar-refractivity contribution >= 4 is 11.9 Å². The van der Waals surface area contributed by atoms with Gasteiger partial charge in [0.05, 0.1) is 11.9 Å². The number of carbonyl (C=O) groups excluding carboxylic acids is 2. The topological polar surface area (TPSA) is 155 Å². The summed E-state index contributed by atoms with van der Waals surface area (Å²) in [5.41, 5.74) is 0. The third-order valence-electron chi connectivity index (χ3n) is 2.57. The Kier molecular flexibility index (Phi) is 10.5. The number of carbonyl (C=O) groups is 2. The van der Waals surface area contributed by atoms with E-state index in [2.05, 4.69) is 13.8 Å². The number of hydrogen-bond acceptors (Lipinski definition) is 8. The summed E-state index contributed by atoms with van der Waals surface area (Å²) in [6.07, 6.45) is 5.57. The first kappa shape index (κ1) is 21.3. The largest absolute Gasteiger partial charge is 0.547 e. The van der Waals surface area contributed by atoms with E-state index in [4.69, 9.17) is 19.0 Å². The molecule has 10 heteroatoms. The predicted molar refractivity (Wildman–Crippen MR) is 71.2 cm³/mol. The Morgan fingerprint density at radius 1 is 0.917 bits per heavy atom. The third-order valence-corrected chi connectivity index (χ3v) is 2.57. The van der Waals surface area contributed by atoms with Gasteiger partial charge in [0, 0.05) is 0 Å². The van der Waals surface area contributed by atoms with Gasteiger partial charge in [-0.05, 0) is 13.8 Å². The number of aryl methyl sites for hydroxylation is 2. The lowest BCUT2D eigenvalue weighted by molar-refractivity contribution is -0.696. The summed E-state index contributed by atoms with van der Waals surface area (Å²) in [6, 6.07) is 0. The molecule has 0 spiro atoms. The maximum atomic E-state index is 9.63. The van der Waals surface area contributed by atoms with Crippen molar-refractivity contribution < 1.29 is 48.0 Å². The molecular weight excluding hydrogens is 324 g/mol. The number of rotatable bonds is 5. The Balaban J connectivity index is 0.000000337. The van der Waals surface area contributed by atoms with Crippen molar-refractivity contribution in [1.82, 2.24) is 0 Å². The monoisotopic (exact) mass is 344 g/mol. The summed E-state index contributed by atoms with van der Waals surface area (Å²) in [7, 11) is 0. The molecule has 0 amide bonds. The number of nitrogens with zero attached hydrogens (tertiary/aromatic N) is 2. The van der Waals surface area contributed by atoms with Crippen LogP contribution in [0.3, 0.4) is 0 Å². The highest BCUT2D eigenvalue weighted by Crippen LogP contribution is 1.89. The van der Waals surface area contributed by atoms with Crippen molar-refractivity contribution in [3.05, 3.63) is 37.7 Å². The fourth-order valence-corrected chi connectivity index (χ4v) is 1.14. The number of aliphatic carboxylic acids is 2. The number of carboxylic acids is 2. The van der Waals surface area contributed by atoms with Crippen LogP contribution in [0.15, 0.2) is 46.5 Å². The minimum atomic E-state index is -2.44. The van der Waals surface area contributed by atoms with Gasteiger partial charge in [-0.25, -0.2) is 0 Å². The van der Waals surface area contributed by atoms with Crippen LogP contribution in [-0.2, 0) is 22.7 Å². The van der Waals surface area contributed by atoms with Gasteiger partial charge in [0.25, 0.3) is 0 Å². The van der Waals surface area contributed by atoms with Crippen molar-refractivity contribution in [1.29, 1.82) is 0 Å². The zero-order valence-corrected chi connectivity index (χ0v) is 13.3. The Hall–Kier alpha value is -2.72. The molecular formula is C14H20N2O8. The van der Waals surface area contributed by atoms with Gasteiger partial charge in [0.1, 0.15) is 25.3 Å². The molecule has 0 saturated heterocycles. The van der Waals surface area contributed by atoms with E-state index >= 15 is 0 Å². The van der Waals surface area contributed by atoms with Crippen molar-refractivity contribution in [2.24, 2.45) is 0 Å². The molecule has 134 valence electrons. The lowest BCUT2D eigenvalue weighted by atomic mass is 10.2. The molecule has 2 aromatic heterocycles. The summed E-state index contributed by atoms with van der Waals surface area (Å²) in [5, 5.41) is 35.7. The van der Waals surface area contributed by atoms with Gasteiger partial charge in [0.15, 0.2) is 12.5 Å². The molecule has 2 atom stereocenters. The van der Waals surface area contributed by atoms with E-state index in [1.54, 1.807) is 25.3 Å². The number of oxazole rings is 2. The van der Waals surface area contributed by atoms with Gasteiger partial charge in [-0.3, -0.25) is 0 Å². The highest BCUT2D eigenvalue weighted by Gasteiger charge is 2.17. The summed E-state index contributed by atoms with van der Waals surface area (Å²) in [5.74, 6) is -4.12. The molecule has 2 aromatic rings. The number of hydrogen-bond donors (Lipinski definition) is 2. The summed E-state index contributed by atoms with van der Waals surface area (Å²) < 4.78 is 13.5. The van der Waals surface area contributed by atoms with Gasteiger partial charge < -0.3 is 38.8 Å². The third kappa shape index (κ3) is 8.66.